The predicted octanol–water partition coefficient (Wildman–Crippen LogP) is 5.06. The number of nitrogens with zero attached hydrogens (tertiary/aromatic N) is 3. The topological polar surface area (TPSA) is 75.9 Å². The van der Waals surface area contributed by atoms with Crippen LogP contribution in [0.3, 0.4) is 0 Å². The number of amides is 2. The van der Waals surface area contributed by atoms with Gasteiger partial charge in [0.1, 0.15) is 23.2 Å². The summed E-state index contributed by atoms with van der Waals surface area (Å²) >= 11 is 0. The highest BCUT2D eigenvalue weighted by Gasteiger charge is 2.37. The first-order valence-electron chi connectivity index (χ1n) is 12.6. The van der Waals surface area contributed by atoms with E-state index < -0.39 is 0 Å². The average molecular weight is 490 g/mol. The maximum absolute atomic E-state index is 13.6. The van der Waals surface area contributed by atoms with Crippen molar-refractivity contribution >= 4 is 11.8 Å². The number of piperidine rings is 1. The number of para-hydroxylation sites is 1. The lowest BCUT2D eigenvalue weighted by Gasteiger charge is -2.39. The molecule has 2 atom stereocenters. The van der Waals surface area contributed by atoms with E-state index in [2.05, 4.69) is 5.16 Å². The SMILES string of the molecule is Cc1onc(C(C)C)c1C(=O)N1CC[C@H](Oc2ccccc2)[C@@H](CC(=O)N(C)Cc2ccccc2)C1. The van der Waals surface area contributed by atoms with E-state index in [4.69, 9.17) is 9.26 Å². The fourth-order valence-electron chi connectivity index (χ4n) is 4.75. The molecule has 0 radical (unpaired) electrons. The van der Waals surface area contributed by atoms with Crippen molar-refractivity contribution in [1.29, 1.82) is 0 Å². The van der Waals surface area contributed by atoms with Crippen molar-refractivity contribution in [2.24, 2.45) is 5.92 Å². The number of likely N-dealkylation sites (tertiary alicyclic amines) is 1. The highest BCUT2D eigenvalue weighted by atomic mass is 16.5. The zero-order valence-corrected chi connectivity index (χ0v) is 21.5. The number of aromatic nitrogens is 1. The van der Waals surface area contributed by atoms with Crippen LogP contribution in [-0.4, -0.2) is 53.0 Å². The van der Waals surface area contributed by atoms with Crippen LogP contribution in [0, 0.1) is 12.8 Å². The van der Waals surface area contributed by atoms with E-state index >= 15 is 0 Å². The first-order valence-corrected chi connectivity index (χ1v) is 12.6. The van der Waals surface area contributed by atoms with Crippen LogP contribution in [-0.2, 0) is 11.3 Å². The van der Waals surface area contributed by atoms with Crippen molar-refractivity contribution in [3.63, 3.8) is 0 Å². The Labute approximate surface area is 213 Å². The molecule has 3 aromatic rings. The number of carbonyl (C=O) groups is 2. The molecule has 2 aromatic carbocycles. The summed E-state index contributed by atoms with van der Waals surface area (Å²) in [5.74, 6) is 1.17. The van der Waals surface area contributed by atoms with Gasteiger partial charge in [-0.05, 0) is 30.5 Å². The summed E-state index contributed by atoms with van der Waals surface area (Å²) in [5.41, 5.74) is 2.30. The van der Waals surface area contributed by atoms with E-state index in [-0.39, 0.29) is 29.8 Å². The lowest BCUT2D eigenvalue weighted by atomic mass is 9.90. The summed E-state index contributed by atoms with van der Waals surface area (Å²) in [6.07, 6.45) is 0.769. The van der Waals surface area contributed by atoms with Crippen molar-refractivity contribution in [2.75, 3.05) is 20.1 Å². The van der Waals surface area contributed by atoms with Gasteiger partial charge in [0.15, 0.2) is 0 Å². The number of ether oxygens (including phenoxy) is 1. The molecule has 0 unspecified atom stereocenters. The van der Waals surface area contributed by atoms with Gasteiger partial charge in [-0.15, -0.1) is 0 Å². The molecular weight excluding hydrogens is 454 g/mol. The van der Waals surface area contributed by atoms with Gasteiger partial charge < -0.3 is 19.1 Å². The number of benzene rings is 2. The summed E-state index contributed by atoms with van der Waals surface area (Å²) in [7, 11) is 1.82. The van der Waals surface area contributed by atoms with E-state index in [0.717, 1.165) is 11.3 Å². The Morgan fingerprint density at radius 1 is 1.11 bits per heavy atom. The van der Waals surface area contributed by atoms with Crippen molar-refractivity contribution in [3.8, 4) is 5.75 Å². The van der Waals surface area contributed by atoms with Gasteiger partial charge in [-0.25, -0.2) is 0 Å². The molecule has 7 nitrogen and oxygen atoms in total. The molecule has 0 saturated carbocycles. The van der Waals surface area contributed by atoms with E-state index in [1.165, 1.54) is 0 Å². The second-order valence-electron chi connectivity index (χ2n) is 9.86. The summed E-state index contributed by atoms with van der Waals surface area (Å²) in [6.45, 7) is 7.29. The molecule has 36 heavy (non-hydrogen) atoms. The van der Waals surface area contributed by atoms with Crippen LogP contribution in [0.5, 0.6) is 5.75 Å². The van der Waals surface area contributed by atoms with Crippen LogP contribution in [0.1, 0.15) is 60.0 Å². The van der Waals surface area contributed by atoms with Crippen molar-refractivity contribution in [3.05, 3.63) is 83.2 Å². The van der Waals surface area contributed by atoms with Gasteiger partial charge in [0, 0.05) is 45.4 Å². The Balaban J connectivity index is 1.51. The maximum atomic E-state index is 13.6. The average Bonchev–Trinajstić information content (AvgIpc) is 3.27. The first kappa shape index (κ1) is 25.5. The number of aryl methyl sites for hydroxylation is 1. The Morgan fingerprint density at radius 2 is 1.78 bits per heavy atom. The lowest BCUT2D eigenvalue weighted by Crippen LogP contribution is -2.49. The lowest BCUT2D eigenvalue weighted by molar-refractivity contribution is -0.133. The summed E-state index contributed by atoms with van der Waals surface area (Å²) < 4.78 is 11.7. The summed E-state index contributed by atoms with van der Waals surface area (Å²) in [5, 5.41) is 4.12. The van der Waals surface area contributed by atoms with Crippen LogP contribution in [0.25, 0.3) is 0 Å². The molecule has 1 aromatic heterocycles. The Bertz CT molecular complexity index is 1160. The van der Waals surface area contributed by atoms with E-state index in [0.29, 0.717) is 49.5 Å². The Kier molecular flexibility index (Phi) is 8.08. The van der Waals surface area contributed by atoms with Gasteiger partial charge in [-0.3, -0.25) is 9.59 Å². The number of rotatable bonds is 8. The largest absolute Gasteiger partial charge is 0.490 e. The third-order valence-electron chi connectivity index (χ3n) is 6.76. The molecule has 0 aliphatic carbocycles. The predicted molar refractivity (Wildman–Crippen MR) is 138 cm³/mol. The number of hydrogen-bond acceptors (Lipinski definition) is 5. The first-order chi connectivity index (χ1) is 17.3. The standard InChI is InChI=1S/C29H35N3O4/c1-20(2)28-27(21(3)36-30-28)29(34)32-16-15-25(35-24-13-9-6-10-14-24)23(19-32)17-26(33)31(4)18-22-11-7-5-8-12-22/h5-14,20,23,25H,15-19H2,1-4H3/t23-,25-/m0/s1. The molecule has 0 bridgehead atoms. The molecule has 1 aliphatic rings. The number of carbonyl (C=O) groups excluding carboxylic acids is 2. The molecule has 2 amide bonds. The molecular formula is C29H35N3O4. The smallest absolute Gasteiger partial charge is 0.259 e. The van der Waals surface area contributed by atoms with Crippen LogP contribution in [0.15, 0.2) is 65.2 Å². The fourth-order valence-corrected chi connectivity index (χ4v) is 4.75. The van der Waals surface area contributed by atoms with E-state index in [1.807, 2.05) is 86.5 Å². The minimum atomic E-state index is -0.168. The van der Waals surface area contributed by atoms with Gasteiger partial charge in [0.25, 0.3) is 5.91 Å². The Morgan fingerprint density at radius 3 is 2.44 bits per heavy atom. The molecule has 1 aliphatic heterocycles. The van der Waals surface area contributed by atoms with Gasteiger partial charge in [0.05, 0.1) is 5.69 Å². The highest BCUT2D eigenvalue weighted by Crippen LogP contribution is 2.29. The van der Waals surface area contributed by atoms with E-state index in [9.17, 15) is 9.59 Å². The third kappa shape index (κ3) is 5.96. The highest BCUT2D eigenvalue weighted by molar-refractivity contribution is 5.96. The second kappa shape index (κ2) is 11.4. The molecule has 0 spiro atoms. The zero-order valence-electron chi connectivity index (χ0n) is 21.5. The second-order valence-corrected chi connectivity index (χ2v) is 9.86. The molecule has 0 N–H and O–H groups in total. The minimum absolute atomic E-state index is 0.0313. The summed E-state index contributed by atoms with van der Waals surface area (Å²) in [6, 6.07) is 19.6. The van der Waals surface area contributed by atoms with Crippen molar-refractivity contribution in [1.82, 2.24) is 15.0 Å². The van der Waals surface area contributed by atoms with Crippen molar-refractivity contribution < 1.29 is 18.8 Å². The third-order valence-corrected chi connectivity index (χ3v) is 6.76. The van der Waals surface area contributed by atoms with Crippen LogP contribution in [0.4, 0.5) is 0 Å². The quantitative estimate of drug-likeness (QED) is 0.442. The maximum Gasteiger partial charge on any atom is 0.259 e. The molecule has 1 saturated heterocycles. The van der Waals surface area contributed by atoms with E-state index in [1.54, 1.807) is 11.8 Å². The minimum Gasteiger partial charge on any atom is -0.490 e. The van der Waals surface area contributed by atoms with Gasteiger partial charge in [-0.2, -0.15) is 0 Å². The van der Waals surface area contributed by atoms with Gasteiger partial charge >= 0.3 is 0 Å². The van der Waals surface area contributed by atoms with Gasteiger partial charge in [0.2, 0.25) is 5.91 Å². The fraction of sp³-hybridized carbons (Fsp3) is 0.414. The Hall–Kier alpha value is -3.61. The number of hydrogen-bond donors (Lipinski definition) is 0. The molecule has 1 fully saturated rings. The van der Waals surface area contributed by atoms with Crippen LogP contribution < -0.4 is 4.74 Å². The zero-order chi connectivity index (χ0) is 25.7. The van der Waals surface area contributed by atoms with Crippen LogP contribution in [0.2, 0.25) is 0 Å². The van der Waals surface area contributed by atoms with Crippen LogP contribution >= 0.6 is 0 Å². The monoisotopic (exact) mass is 489 g/mol. The molecule has 190 valence electrons. The normalized spacial score (nSPS) is 17.8. The molecule has 4 rings (SSSR count). The van der Waals surface area contributed by atoms with Gasteiger partial charge in [-0.1, -0.05) is 67.5 Å². The molecule has 2 heterocycles. The summed E-state index contributed by atoms with van der Waals surface area (Å²) in [4.78, 5) is 30.4. The molecule has 7 heteroatoms. The van der Waals surface area contributed by atoms with Crippen molar-refractivity contribution in [2.45, 2.75) is 52.2 Å².